The molecule has 0 bridgehead atoms. The van der Waals surface area contributed by atoms with Gasteiger partial charge in [-0.15, -0.1) is 0 Å². The molecular weight excluding hydrogens is 307 g/mol. The monoisotopic (exact) mass is 320 g/mol. The van der Waals surface area contributed by atoms with Crippen LogP contribution in [0.3, 0.4) is 0 Å². The minimum Gasteiger partial charge on any atom is -0.344 e. The van der Waals surface area contributed by atoms with Gasteiger partial charge >= 0.3 is 11.8 Å². The summed E-state index contributed by atoms with van der Waals surface area (Å²) < 4.78 is 12.7. The third-order valence-electron chi connectivity index (χ3n) is 2.91. The van der Waals surface area contributed by atoms with Gasteiger partial charge in [0, 0.05) is 18.1 Å². The van der Waals surface area contributed by atoms with Crippen molar-refractivity contribution in [3.8, 4) is 0 Å². The molecule has 114 valence electrons. The van der Waals surface area contributed by atoms with Gasteiger partial charge in [0.2, 0.25) is 0 Å². The standard InChI is InChI=1S/C16H14ClFN2O2/c17-13-3-1-2-12(8-13)10-20-16(22)15(21)19-9-11-4-6-14(18)7-5-11/h1-8H,9-10H2,(H,19,21)(H,20,22). The molecule has 2 amide bonds. The molecule has 0 radical (unpaired) electrons. The van der Waals surface area contributed by atoms with Crippen molar-refractivity contribution < 1.29 is 14.0 Å². The van der Waals surface area contributed by atoms with Crippen LogP contribution < -0.4 is 10.6 Å². The molecule has 22 heavy (non-hydrogen) atoms. The highest BCUT2D eigenvalue weighted by Gasteiger charge is 2.12. The molecule has 2 aromatic rings. The Morgan fingerprint density at radius 1 is 0.909 bits per heavy atom. The molecule has 0 saturated carbocycles. The number of hydrogen-bond donors (Lipinski definition) is 2. The predicted octanol–water partition coefficient (Wildman–Crippen LogP) is 2.41. The molecule has 2 aromatic carbocycles. The topological polar surface area (TPSA) is 58.2 Å². The number of rotatable bonds is 4. The van der Waals surface area contributed by atoms with Crippen molar-refractivity contribution in [3.05, 3.63) is 70.5 Å². The highest BCUT2D eigenvalue weighted by atomic mass is 35.5. The van der Waals surface area contributed by atoms with Crippen molar-refractivity contribution in [1.82, 2.24) is 10.6 Å². The molecule has 0 aliphatic heterocycles. The Morgan fingerprint density at radius 2 is 1.50 bits per heavy atom. The first kappa shape index (κ1) is 16.0. The smallest absolute Gasteiger partial charge is 0.309 e. The van der Waals surface area contributed by atoms with Crippen LogP contribution in [-0.4, -0.2) is 11.8 Å². The van der Waals surface area contributed by atoms with Crippen LogP contribution >= 0.6 is 11.6 Å². The van der Waals surface area contributed by atoms with Crippen LogP contribution in [0.25, 0.3) is 0 Å². The Kier molecular flexibility index (Phi) is 5.49. The van der Waals surface area contributed by atoms with E-state index < -0.39 is 11.8 Å². The van der Waals surface area contributed by atoms with Gasteiger partial charge in [-0.1, -0.05) is 35.9 Å². The fourth-order valence-corrected chi connectivity index (χ4v) is 1.99. The highest BCUT2D eigenvalue weighted by Crippen LogP contribution is 2.10. The summed E-state index contributed by atoms with van der Waals surface area (Å²) in [5, 5.41) is 5.53. The summed E-state index contributed by atoms with van der Waals surface area (Å²) in [7, 11) is 0. The van der Waals surface area contributed by atoms with Crippen LogP contribution in [0.2, 0.25) is 5.02 Å². The molecule has 0 fully saturated rings. The number of carbonyl (C=O) groups excluding carboxylic acids is 2. The number of nitrogens with one attached hydrogen (secondary N) is 2. The van der Waals surface area contributed by atoms with E-state index >= 15 is 0 Å². The van der Waals surface area contributed by atoms with Gasteiger partial charge in [0.05, 0.1) is 0 Å². The van der Waals surface area contributed by atoms with Crippen LogP contribution in [0.5, 0.6) is 0 Å². The Hall–Kier alpha value is -2.40. The molecule has 6 heteroatoms. The summed E-state index contributed by atoms with van der Waals surface area (Å²) in [6.07, 6.45) is 0. The lowest BCUT2D eigenvalue weighted by atomic mass is 10.2. The van der Waals surface area contributed by atoms with E-state index in [1.807, 2.05) is 0 Å². The van der Waals surface area contributed by atoms with E-state index in [9.17, 15) is 14.0 Å². The minimum absolute atomic E-state index is 0.156. The third kappa shape index (κ3) is 4.86. The average molecular weight is 321 g/mol. The molecular formula is C16H14ClFN2O2. The van der Waals surface area contributed by atoms with E-state index in [1.165, 1.54) is 12.1 Å². The Bertz CT molecular complexity index is 674. The molecule has 0 aliphatic carbocycles. The van der Waals surface area contributed by atoms with Gasteiger partial charge in [-0.3, -0.25) is 9.59 Å². The Labute approximate surface area is 132 Å². The second-order valence-corrected chi connectivity index (χ2v) is 5.06. The molecule has 0 unspecified atom stereocenters. The second kappa shape index (κ2) is 7.56. The third-order valence-corrected chi connectivity index (χ3v) is 3.15. The first-order valence-electron chi connectivity index (χ1n) is 6.59. The maximum absolute atomic E-state index is 12.7. The fourth-order valence-electron chi connectivity index (χ4n) is 1.77. The lowest BCUT2D eigenvalue weighted by molar-refractivity contribution is -0.139. The number of benzene rings is 2. The van der Waals surface area contributed by atoms with E-state index in [0.717, 1.165) is 5.56 Å². The minimum atomic E-state index is -0.744. The number of amides is 2. The van der Waals surface area contributed by atoms with E-state index in [2.05, 4.69) is 10.6 Å². The predicted molar refractivity (Wildman–Crippen MR) is 81.5 cm³/mol. The van der Waals surface area contributed by atoms with E-state index in [-0.39, 0.29) is 18.9 Å². The average Bonchev–Trinajstić information content (AvgIpc) is 2.52. The van der Waals surface area contributed by atoms with Crippen LogP contribution in [-0.2, 0) is 22.7 Å². The molecule has 0 spiro atoms. The maximum Gasteiger partial charge on any atom is 0.309 e. The molecule has 0 aliphatic rings. The van der Waals surface area contributed by atoms with Crippen molar-refractivity contribution >= 4 is 23.4 Å². The quantitative estimate of drug-likeness (QED) is 0.850. The van der Waals surface area contributed by atoms with Crippen LogP contribution in [0.15, 0.2) is 48.5 Å². The van der Waals surface area contributed by atoms with Crippen molar-refractivity contribution in [1.29, 1.82) is 0 Å². The van der Waals surface area contributed by atoms with Gasteiger partial charge in [0.1, 0.15) is 5.82 Å². The number of carbonyl (C=O) groups is 2. The zero-order valence-corrected chi connectivity index (χ0v) is 12.4. The first-order chi connectivity index (χ1) is 10.5. The van der Waals surface area contributed by atoms with Gasteiger partial charge in [-0.25, -0.2) is 4.39 Å². The molecule has 2 N–H and O–H groups in total. The van der Waals surface area contributed by atoms with Gasteiger partial charge in [0.15, 0.2) is 0 Å². The summed E-state index contributed by atoms with van der Waals surface area (Å²) in [4.78, 5) is 23.3. The van der Waals surface area contributed by atoms with Gasteiger partial charge in [-0.05, 0) is 35.4 Å². The van der Waals surface area contributed by atoms with Crippen molar-refractivity contribution in [2.24, 2.45) is 0 Å². The van der Waals surface area contributed by atoms with E-state index in [1.54, 1.807) is 36.4 Å². The van der Waals surface area contributed by atoms with Gasteiger partial charge in [0.25, 0.3) is 0 Å². The van der Waals surface area contributed by atoms with Gasteiger partial charge in [-0.2, -0.15) is 0 Å². The summed E-state index contributed by atoms with van der Waals surface area (Å²) in [5.41, 5.74) is 1.50. The summed E-state index contributed by atoms with van der Waals surface area (Å²) in [5.74, 6) is -1.83. The summed E-state index contributed by atoms with van der Waals surface area (Å²) in [6, 6.07) is 12.7. The van der Waals surface area contributed by atoms with E-state index in [0.29, 0.717) is 10.6 Å². The first-order valence-corrected chi connectivity index (χ1v) is 6.97. The fraction of sp³-hybridized carbons (Fsp3) is 0.125. The van der Waals surface area contributed by atoms with Crippen LogP contribution in [0, 0.1) is 5.82 Å². The van der Waals surface area contributed by atoms with Crippen molar-refractivity contribution in [3.63, 3.8) is 0 Å². The maximum atomic E-state index is 12.7. The lowest BCUT2D eigenvalue weighted by Gasteiger charge is -2.07. The summed E-state index contributed by atoms with van der Waals surface area (Å²) in [6.45, 7) is 0.368. The van der Waals surface area contributed by atoms with Crippen LogP contribution in [0.1, 0.15) is 11.1 Å². The highest BCUT2D eigenvalue weighted by molar-refractivity contribution is 6.35. The Morgan fingerprint density at radius 3 is 2.09 bits per heavy atom. The molecule has 4 nitrogen and oxygen atoms in total. The van der Waals surface area contributed by atoms with E-state index in [4.69, 9.17) is 11.6 Å². The molecule has 0 atom stereocenters. The SMILES string of the molecule is O=C(NCc1ccc(F)cc1)C(=O)NCc1cccc(Cl)c1. The van der Waals surface area contributed by atoms with Crippen molar-refractivity contribution in [2.45, 2.75) is 13.1 Å². The normalized spacial score (nSPS) is 10.1. The van der Waals surface area contributed by atoms with Crippen molar-refractivity contribution in [2.75, 3.05) is 0 Å². The largest absolute Gasteiger partial charge is 0.344 e. The second-order valence-electron chi connectivity index (χ2n) is 4.62. The van der Waals surface area contributed by atoms with Crippen LogP contribution in [0.4, 0.5) is 4.39 Å². The molecule has 0 aromatic heterocycles. The zero-order valence-electron chi connectivity index (χ0n) is 11.6. The molecule has 2 rings (SSSR count). The number of hydrogen-bond acceptors (Lipinski definition) is 2. The zero-order chi connectivity index (χ0) is 15.9. The molecule has 0 saturated heterocycles. The van der Waals surface area contributed by atoms with Gasteiger partial charge < -0.3 is 10.6 Å². The molecule has 0 heterocycles. The number of halogens is 2. The Balaban J connectivity index is 1.79. The summed E-state index contributed by atoms with van der Waals surface area (Å²) >= 11 is 5.83. The lowest BCUT2D eigenvalue weighted by Crippen LogP contribution is -2.39.